The number of amides is 1. The van der Waals surface area contributed by atoms with Crippen LogP contribution in [0.3, 0.4) is 0 Å². The topological polar surface area (TPSA) is 71.7 Å². The van der Waals surface area contributed by atoms with Gasteiger partial charge < -0.3 is 4.57 Å². The summed E-state index contributed by atoms with van der Waals surface area (Å²) in [7, 11) is -1.67. The quantitative estimate of drug-likeness (QED) is 0.573. The molecule has 0 aliphatic carbocycles. The molecule has 3 aromatic rings. The summed E-state index contributed by atoms with van der Waals surface area (Å²) < 4.78 is 30.7. The number of aromatic nitrogens is 1. The summed E-state index contributed by atoms with van der Waals surface area (Å²) in [6, 6.07) is 10.3. The number of sulfonamides is 1. The molecule has 1 aliphatic rings. The Kier molecular flexibility index (Phi) is 6.13. The summed E-state index contributed by atoms with van der Waals surface area (Å²) in [4.78, 5) is 17.9. The first kappa shape index (κ1) is 22.9. The molecule has 32 heavy (non-hydrogen) atoms. The summed E-state index contributed by atoms with van der Waals surface area (Å²) in [6.07, 6.45) is 1.04. The second kappa shape index (κ2) is 8.57. The highest BCUT2D eigenvalue weighted by molar-refractivity contribution is 7.89. The Morgan fingerprint density at radius 1 is 1.03 bits per heavy atom. The summed E-state index contributed by atoms with van der Waals surface area (Å²) in [5, 5.41) is 0. The first-order valence-electron chi connectivity index (χ1n) is 10.8. The molecule has 1 fully saturated rings. The van der Waals surface area contributed by atoms with Gasteiger partial charge in [0.15, 0.2) is 4.80 Å². The minimum absolute atomic E-state index is 0.216. The number of thiazole rings is 1. The van der Waals surface area contributed by atoms with Gasteiger partial charge in [-0.2, -0.15) is 9.30 Å². The van der Waals surface area contributed by atoms with Gasteiger partial charge in [-0.25, -0.2) is 8.42 Å². The predicted molar refractivity (Wildman–Crippen MR) is 128 cm³/mol. The number of carbonyl (C=O) groups is 1. The molecule has 170 valence electrons. The fourth-order valence-electron chi connectivity index (χ4n) is 4.36. The van der Waals surface area contributed by atoms with E-state index in [4.69, 9.17) is 0 Å². The van der Waals surface area contributed by atoms with Crippen LogP contribution in [0.2, 0.25) is 0 Å². The Labute approximate surface area is 193 Å². The van der Waals surface area contributed by atoms with Gasteiger partial charge in [0.25, 0.3) is 5.91 Å². The van der Waals surface area contributed by atoms with Crippen molar-refractivity contribution in [3.8, 4) is 0 Å². The van der Waals surface area contributed by atoms with E-state index in [2.05, 4.69) is 44.8 Å². The van der Waals surface area contributed by atoms with E-state index in [1.807, 2.05) is 11.6 Å². The molecule has 0 spiro atoms. The molecular formula is C24H29N3O3S2. The molecule has 2 atom stereocenters. The molecule has 0 radical (unpaired) electrons. The van der Waals surface area contributed by atoms with E-state index >= 15 is 0 Å². The average Bonchev–Trinajstić information content (AvgIpc) is 3.02. The van der Waals surface area contributed by atoms with E-state index in [9.17, 15) is 13.2 Å². The van der Waals surface area contributed by atoms with Gasteiger partial charge in [-0.1, -0.05) is 25.2 Å². The maximum absolute atomic E-state index is 13.1. The summed E-state index contributed by atoms with van der Waals surface area (Å²) in [5.74, 6) is 0.287. The minimum atomic E-state index is -3.57. The van der Waals surface area contributed by atoms with Crippen molar-refractivity contribution < 1.29 is 13.2 Å². The van der Waals surface area contributed by atoms with Crippen molar-refractivity contribution in [3.05, 3.63) is 57.9 Å². The highest BCUT2D eigenvalue weighted by Gasteiger charge is 2.31. The highest BCUT2D eigenvalue weighted by atomic mass is 32.2. The number of carbonyl (C=O) groups excluding carboxylic acids is 1. The fourth-order valence-corrected chi connectivity index (χ4v) is 7.13. The Morgan fingerprint density at radius 3 is 2.25 bits per heavy atom. The van der Waals surface area contributed by atoms with Crippen LogP contribution < -0.4 is 4.80 Å². The van der Waals surface area contributed by atoms with E-state index in [-0.39, 0.29) is 10.8 Å². The van der Waals surface area contributed by atoms with E-state index in [1.165, 1.54) is 34.6 Å². The van der Waals surface area contributed by atoms with Crippen LogP contribution in [0.5, 0.6) is 0 Å². The first-order valence-corrected chi connectivity index (χ1v) is 13.1. The molecule has 1 aliphatic heterocycles. The smallest absolute Gasteiger partial charge is 0.279 e. The largest absolute Gasteiger partial charge is 0.319 e. The van der Waals surface area contributed by atoms with Crippen molar-refractivity contribution >= 4 is 37.5 Å². The van der Waals surface area contributed by atoms with Crippen molar-refractivity contribution in [2.75, 3.05) is 13.1 Å². The molecule has 8 heteroatoms. The maximum atomic E-state index is 13.1. The van der Waals surface area contributed by atoms with Crippen molar-refractivity contribution in [3.63, 3.8) is 0 Å². The highest BCUT2D eigenvalue weighted by Crippen LogP contribution is 2.27. The van der Waals surface area contributed by atoms with Crippen molar-refractivity contribution in [1.82, 2.24) is 8.87 Å². The molecule has 1 aromatic heterocycles. The Morgan fingerprint density at radius 2 is 1.62 bits per heavy atom. The zero-order chi connectivity index (χ0) is 23.2. The molecule has 1 amide bonds. The third kappa shape index (κ3) is 4.31. The third-order valence-corrected chi connectivity index (χ3v) is 9.14. The van der Waals surface area contributed by atoms with Crippen LogP contribution in [0.4, 0.5) is 0 Å². The summed E-state index contributed by atoms with van der Waals surface area (Å²) >= 11 is 1.47. The normalized spacial score (nSPS) is 20.7. The van der Waals surface area contributed by atoms with Crippen molar-refractivity contribution in [2.45, 2.75) is 39.0 Å². The van der Waals surface area contributed by atoms with Crippen LogP contribution >= 0.6 is 11.3 Å². The van der Waals surface area contributed by atoms with E-state index < -0.39 is 10.0 Å². The molecule has 6 nitrogen and oxygen atoms in total. The lowest BCUT2D eigenvalue weighted by atomic mass is 9.94. The van der Waals surface area contributed by atoms with Gasteiger partial charge in [-0.15, -0.1) is 0 Å². The van der Waals surface area contributed by atoms with Crippen LogP contribution in [0.1, 0.15) is 41.8 Å². The Balaban J connectivity index is 1.61. The van der Waals surface area contributed by atoms with Gasteiger partial charge in [0.1, 0.15) is 0 Å². The van der Waals surface area contributed by atoms with Gasteiger partial charge in [-0.05, 0) is 79.6 Å². The number of piperidine rings is 1. The number of nitrogens with zero attached hydrogens (tertiary/aromatic N) is 3. The number of hydrogen-bond acceptors (Lipinski definition) is 4. The van der Waals surface area contributed by atoms with E-state index in [0.717, 1.165) is 16.6 Å². The lowest BCUT2D eigenvalue weighted by Gasteiger charge is -2.34. The number of hydrogen-bond donors (Lipinski definition) is 0. The van der Waals surface area contributed by atoms with Crippen LogP contribution in [0, 0.1) is 25.7 Å². The number of benzene rings is 2. The van der Waals surface area contributed by atoms with Gasteiger partial charge >= 0.3 is 0 Å². The van der Waals surface area contributed by atoms with Crippen LogP contribution in [-0.4, -0.2) is 36.3 Å². The fraction of sp³-hybridized carbons (Fsp3) is 0.417. The number of rotatable bonds is 3. The first-order chi connectivity index (χ1) is 15.1. The third-order valence-electron chi connectivity index (χ3n) is 6.20. The second-order valence-corrected chi connectivity index (χ2v) is 12.0. The van der Waals surface area contributed by atoms with Crippen molar-refractivity contribution in [2.24, 2.45) is 23.9 Å². The van der Waals surface area contributed by atoms with E-state index in [0.29, 0.717) is 35.3 Å². The van der Waals surface area contributed by atoms with Crippen molar-refractivity contribution in [1.29, 1.82) is 0 Å². The van der Waals surface area contributed by atoms with Gasteiger partial charge in [0.05, 0.1) is 15.1 Å². The zero-order valence-corrected chi connectivity index (χ0v) is 20.8. The molecule has 4 rings (SSSR count). The van der Waals surface area contributed by atoms with Crippen LogP contribution in [0.25, 0.3) is 10.2 Å². The average molecular weight is 472 g/mol. The lowest BCUT2D eigenvalue weighted by Crippen LogP contribution is -2.42. The molecule has 2 aromatic carbocycles. The van der Waals surface area contributed by atoms with Crippen LogP contribution in [0.15, 0.2) is 46.3 Å². The summed E-state index contributed by atoms with van der Waals surface area (Å²) in [6.45, 7) is 9.36. The van der Waals surface area contributed by atoms with E-state index in [1.54, 1.807) is 16.4 Å². The Hall–Kier alpha value is -2.29. The second-order valence-electron chi connectivity index (χ2n) is 9.06. The minimum Gasteiger partial charge on any atom is -0.319 e. The molecular weight excluding hydrogens is 442 g/mol. The SMILES string of the molecule is Cc1cc2sc(=NC(=O)c3ccc(S(=O)(=O)N4CC(C)CC(C)C4)cc3)n(C)c2cc1C. The molecule has 0 saturated carbocycles. The van der Waals surface area contributed by atoms with Crippen LogP contribution in [-0.2, 0) is 17.1 Å². The standard InChI is InChI=1S/C24H29N3O3S2/c1-15-10-16(2)14-27(13-15)32(29,30)20-8-6-19(7-9-20)23(28)25-24-26(5)21-11-17(3)18(4)12-22(21)31-24/h6-9,11-12,15-16H,10,13-14H2,1-5H3. The summed E-state index contributed by atoms with van der Waals surface area (Å²) in [5.41, 5.74) is 3.80. The monoisotopic (exact) mass is 471 g/mol. The predicted octanol–water partition coefficient (Wildman–Crippen LogP) is 4.26. The lowest BCUT2D eigenvalue weighted by molar-refractivity contribution is 0.0998. The van der Waals surface area contributed by atoms with Gasteiger partial charge in [0.2, 0.25) is 10.0 Å². The molecule has 0 bridgehead atoms. The number of aryl methyl sites for hydroxylation is 3. The van der Waals surface area contributed by atoms with Gasteiger partial charge in [-0.3, -0.25) is 4.79 Å². The van der Waals surface area contributed by atoms with Gasteiger partial charge in [0, 0.05) is 25.7 Å². The maximum Gasteiger partial charge on any atom is 0.279 e. The molecule has 2 heterocycles. The number of fused-ring (bicyclic) bond motifs is 1. The molecule has 2 unspecified atom stereocenters. The molecule has 0 N–H and O–H groups in total. The molecule has 1 saturated heterocycles. The zero-order valence-electron chi connectivity index (χ0n) is 19.1. The Bertz CT molecular complexity index is 1340.